The molecule has 0 atom stereocenters. The molecule has 0 aliphatic rings. The van der Waals surface area contributed by atoms with Gasteiger partial charge in [-0.15, -0.1) is 0 Å². The number of nitrogens with zero attached hydrogens (tertiary/aromatic N) is 1. The Kier molecular flexibility index (Phi) is 9.89. The zero-order valence-corrected chi connectivity index (χ0v) is 36.2. The van der Waals surface area contributed by atoms with Crippen LogP contribution in [0.4, 0.5) is 17.1 Å². The van der Waals surface area contributed by atoms with Gasteiger partial charge in [-0.2, -0.15) is 0 Å². The first-order valence-corrected chi connectivity index (χ1v) is 22.5. The lowest BCUT2D eigenvalue weighted by Crippen LogP contribution is -2.09. The van der Waals surface area contributed by atoms with E-state index in [1.165, 1.54) is 66.4 Å². The number of hydrogen-bond donors (Lipinski definition) is 0. The summed E-state index contributed by atoms with van der Waals surface area (Å²) in [6, 6.07) is 93.9. The summed E-state index contributed by atoms with van der Waals surface area (Å²) in [5.74, 6) is 0. The molecular weight excluding hydrogens is 799 g/mol. The molecule has 0 spiro atoms. The SMILES string of the molecule is c1ccc(-c2cccc(-c3ccc(N(c4ccc(-c5ccc(-c6cccc(-c7ccc8ccccc8c7)c6)cc5)cc4)c4ccc(-c5ccc6c(c5)oc5ccccc56)cc4)cc3)c2)cc1. The van der Waals surface area contributed by atoms with Gasteiger partial charge >= 0.3 is 0 Å². The molecular formula is C64H43NO. The fourth-order valence-electron chi connectivity index (χ4n) is 9.37. The summed E-state index contributed by atoms with van der Waals surface area (Å²) in [5, 5.41) is 4.79. The highest BCUT2D eigenvalue weighted by Crippen LogP contribution is 2.40. The van der Waals surface area contributed by atoms with Crippen molar-refractivity contribution in [2.24, 2.45) is 0 Å². The van der Waals surface area contributed by atoms with E-state index in [1.807, 2.05) is 12.1 Å². The van der Waals surface area contributed by atoms with Gasteiger partial charge < -0.3 is 9.32 Å². The van der Waals surface area contributed by atoms with Gasteiger partial charge in [0.25, 0.3) is 0 Å². The van der Waals surface area contributed by atoms with Crippen molar-refractivity contribution in [1.29, 1.82) is 0 Å². The summed E-state index contributed by atoms with van der Waals surface area (Å²) in [7, 11) is 0. The number of furan rings is 1. The van der Waals surface area contributed by atoms with E-state index in [-0.39, 0.29) is 0 Å². The zero-order valence-electron chi connectivity index (χ0n) is 36.2. The lowest BCUT2D eigenvalue weighted by molar-refractivity contribution is 0.669. The molecule has 0 saturated carbocycles. The van der Waals surface area contributed by atoms with Crippen molar-refractivity contribution in [2.75, 3.05) is 4.90 Å². The van der Waals surface area contributed by atoms with Crippen LogP contribution in [0.2, 0.25) is 0 Å². The van der Waals surface area contributed by atoms with Gasteiger partial charge in [0.1, 0.15) is 11.2 Å². The fraction of sp³-hybridized carbons (Fsp3) is 0. The Morgan fingerprint density at radius 1 is 0.212 bits per heavy atom. The van der Waals surface area contributed by atoms with Crippen molar-refractivity contribution in [3.8, 4) is 66.8 Å². The Morgan fingerprint density at radius 2 is 0.576 bits per heavy atom. The average molecular weight is 842 g/mol. The van der Waals surface area contributed by atoms with Gasteiger partial charge in [-0.1, -0.05) is 188 Å². The van der Waals surface area contributed by atoms with Crippen LogP contribution in [0.3, 0.4) is 0 Å². The molecule has 0 bridgehead atoms. The summed E-state index contributed by atoms with van der Waals surface area (Å²) in [6.45, 7) is 0. The highest BCUT2D eigenvalue weighted by Gasteiger charge is 2.15. The molecule has 0 unspecified atom stereocenters. The standard InChI is InChI=1S/C64H43NO/c1-2-10-44(11-3-1)52-14-8-15-53(40-52)49-28-35-59(36-29-49)65(60-37-30-50(31-38-60)57-32-39-62-61-18-6-7-19-63(61)66-64(62)43-57)58-33-26-47(27-34-58)46-20-22-48(23-21-46)54-16-9-17-55(41-54)56-25-24-45-12-4-5-13-51(45)42-56/h1-43H. The second-order valence-corrected chi connectivity index (χ2v) is 17.0. The van der Waals surface area contributed by atoms with E-state index in [1.54, 1.807) is 0 Å². The third kappa shape index (κ3) is 7.51. The molecule has 0 N–H and O–H groups in total. The lowest BCUT2D eigenvalue weighted by atomic mass is 9.96. The van der Waals surface area contributed by atoms with Gasteiger partial charge in [0.05, 0.1) is 0 Å². The van der Waals surface area contributed by atoms with Gasteiger partial charge in [0.15, 0.2) is 0 Å². The fourth-order valence-corrected chi connectivity index (χ4v) is 9.37. The number of hydrogen-bond acceptors (Lipinski definition) is 2. The Morgan fingerprint density at radius 3 is 1.15 bits per heavy atom. The number of fused-ring (bicyclic) bond motifs is 4. The summed E-state index contributed by atoms with van der Waals surface area (Å²) in [5.41, 5.74) is 19.3. The molecule has 0 fully saturated rings. The molecule has 12 rings (SSSR count). The van der Waals surface area contributed by atoms with Crippen molar-refractivity contribution >= 4 is 49.8 Å². The zero-order chi connectivity index (χ0) is 43.8. The largest absolute Gasteiger partial charge is 0.456 e. The van der Waals surface area contributed by atoms with E-state index in [0.29, 0.717) is 0 Å². The lowest BCUT2D eigenvalue weighted by Gasteiger charge is -2.26. The van der Waals surface area contributed by atoms with Crippen LogP contribution in [0.1, 0.15) is 0 Å². The van der Waals surface area contributed by atoms with Gasteiger partial charge in [-0.3, -0.25) is 0 Å². The first kappa shape index (κ1) is 38.9. The quantitative estimate of drug-likeness (QED) is 0.144. The molecule has 0 amide bonds. The molecule has 0 saturated heterocycles. The Labute approximate surface area is 384 Å². The molecule has 12 aromatic rings. The molecule has 310 valence electrons. The third-order valence-electron chi connectivity index (χ3n) is 12.9. The molecule has 66 heavy (non-hydrogen) atoms. The monoisotopic (exact) mass is 841 g/mol. The topological polar surface area (TPSA) is 16.4 Å². The summed E-state index contributed by atoms with van der Waals surface area (Å²) in [6.07, 6.45) is 0. The van der Waals surface area contributed by atoms with Crippen molar-refractivity contribution < 1.29 is 4.42 Å². The third-order valence-corrected chi connectivity index (χ3v) is 12.9. The van der Waals surface area contributed by atoms with Crippen molar-refractivity contribution in [3.05, 3.63) is 261 Å². The van der Waals surface area contributed by atoms with E-state index in [9.17, 15) is 0 Å². The average Bonchev–Trinajstić information content (AvgIpc) is 3.78. The Balaban J connectivity index is 0.849. The summed E-state index contributed by atoms with van der Waals surface area (Å²) in [4.78, 5) is 2.34. The summed E-state index contributed by atoms with van der Waals surface area (Å²) >= 11 is 0. The molecule has 0 aliphatic heterocycles. The minimum Gasteiger partial charge on any atom is -0.456 e. The molecule has 2 heteroatoms. The van der Waals surface area contributed by atoms with E-state index in [2.05, 4.69) is 254 Å². The first-order chi connectivity index (χ1) is 32.7. The van der Waals surface area contributed by atoms with Gasteiger partial charge in [-0.25, -0.2) is 0 Å². The van der Waals surface area contributed by atoms with Crippen LogP contribution < -0.4 is 4.90 Å². The molecule has 0 aliphatic carbocycles. The second kappa shape index (κ2) is 16.8. The highest BCUT2D eigenvalue weighted by molar-refractivity contribution is 6.06. The molecule has 0 radical (unpaired) electrons. The number of anilines is 3. The maximum atomic E-state index is 6.25. The van der Waals surface area contributed by atoms with E-state index in [0.717, 1.165) is 50.1 Å². The maximum Gasteiger partial charge on any atom is 0.136 e. The Bertz CT molecular complexity index is 3660. The summed E-state index contributed by atoms with van der Waals surface area (Å²) < 4.78 is 6.25. The van der Waals surface area contributed by atoms with Crippen LogP contribution in [0.25, 0.3) is 99.5 Å². The molecule has 1 aromatic heterocycles. The minimum atomic E-state index is 0.898. The minimum absolute atomic E-state index is 0.898. The smallest absolute Gasteiger partial charge is 0.136 e. The predicted octanol–water partition coefficient (Wildman–Crippen LogP) is 18.2. The normalized spacial score (nSPS) is 11.3. The molecule has 2 nitrogen and oxygen atoms in total. The van der Waals surface area contributed by atoms with Gasteiger partial charge in [0.2, 0.25) is 0 Å². The van der Waals surface area contributed by atoms with Crippen LogP contribution in [-0.2, 0) is 0 Å². The number of benzene rings is 11. The van der Waals surface area contributed by atoms with Gasteiger partial charge in [0, 0.05) is 27.8 Å². The molecule has 11 aromatic carbocycles. The van der Waals surface area contributed by atoms with Crippen LogP contribution in [0, 0.1) is 0 Å². The van der Waals surface area contributed by atoms with Crippen LogP contribution in [0.5, 0.6) is 0 Å². The van der Waals surface area contributed by atoms with Crippen molar-refractivity contribution in [1.82, 2.24) is 0 Å². The Hall–Kier alpha value is -8.72. The van der Waals surface area contributed by atoms with Crippen LogP contribution in [-0.4, -0.2) is 0 Å². The van der Waals surface area contributed by atoms with Gasteiger partial charge in [-0.05, 0) is 150 Å². The second-order valence-electron chi connectivity index (χ2n) is 17.0. The first-order valence-electron chi connectivity index (χ1n) is 22.5. The maximum absolute atomic E-state index is 6.25. The van der Waals surface area contributed by atoms with Crippen molar-refractivity contribution in [3.63, 3.8) is 0 Å². The highest BCUT2D eigenvalue weighted by atomic mass is 16.3. The van der Waals surface area contributed by atoms with Crippen LogP contribution in [0.15, 0.2) is 265 Å². The number of para-hydroxylation sites is 1. The van der Waals surface area contributed by atoms with Crippen LogP contribution >= 0.6 is 0 Å². The molecule has 1 heterocycles. The number of rotatable bonds is 9. The van der Waals surface area contributed by atoms with E-state index in [4.69, 9.17) is 4.42 Å². The van der Waals surface area contributed by atoms with E-state index >= 15 is 0 Å². The predicted molar refractivity (Wildman–Crippen MR) is 279 cm³/mol. The van der Waals surface area contributed by atoms with Crippen molar-refractivity contribution in [2.45, 2.75) is 0 Å². The van der Waals surface area contributed by atoms with E-state index < -0.39 is 0 Å².